The molecule has 110 valence electrons. The monoisotopic (exact) mass is 302 g/mol. The van der Waals surface area contributed by atoms with E-state index < -0.39 is 12.0 Å². The summed E-state index contributed by atoms with van der Waals surface area (Å²) in [4.78, 5) is 19.1. The third-order valence-electron chi connectivity index (χ3n) is 3.91. The summed E-state index contributed by atoms with van der Waals surface area (Å²) < 4.78 is 0. The maximum atomic E-state index is 11.1. The highest BCUT2D eigenvalue weighted by atomic mass is 32.1. The molecule has 1 aromatic carbocycles. The Morgan fingerprint density at radius 2 is 2.19 bits per heavy atom. The second-order valence-electron chi connectivity index (χ2n) is 5.37. The molecule has 2 heterocycles. The average Bonchev–Trinajstić information content (AvgIpc) is 2.88. The van der Waals surface area contributed by atoms with E-state index in [0.29, 0.717) is 6.54 Å². The van der Waals surface area contributed by atoms with E-state index in [1.165, 1.54) is 10.4 Å². The molecule has 1 atom stereocenters. The minimum atomic E-state index is -0.757. The van der Waals surface area contributed by atoms with E-state index >= 15 is 0 Å². The largest absolute Gasteiger partial charge is 0.480 e. The topological polar surface area (TPSA) is 53.4 Å². The van der Waals surface area contributed by atoms with Gasteiger partial charge in [0.15, 0.2) is 0 Å². The number of hydrogen-bond donors (Lipinski definition) is 1. The average molecular weight is 302 g/mol. The van der Waals surface area contributed by atoms with Crippen LogP contribution in [0.4, 0.5) is 0 Å². The van der Waals surface area contributed by atoms with Crippen molar-refractivity contribution < 1.29 is 9.90 Å². The molecule has 1 aromatic heterocycles. The maximum absolute atomic E-state index is 11.1. The summed E-state index contributed by atoms with van der Waals surface area (Å²) >= 11 is 1.72. The number of carboxylic acid groups (broad SMARTS) is 1. The molecular formula is C16H18N2O2S. The van der Waals surface area contributed by atoms with Crippen molar-refractivity contribution in [1.29, 1.82) is 0 Å². The molecule has 0 amide bonds. The van der Waals surface area contributed by atoms with Gasteiger partial charge in [0, 0.05) is 30.8 Å². The van der Waals surface area contributed by atoms with Gasteiger partial charge in [0.05, 0.1) is 10.7 Å². The highest BCUT2D eigenvalue weighted by molar-refractivity contribution is 7.11. The zero-order valence-electron chi connectivity index (χ0n) is 12.0. The molecule has 1 unspecified atom stereocenters. The molecule has 0 fully saturated rings. The van der Waals surface area contributed by atoms with Crippen LogP contribution in [0.3, 0.4) is 0 Å². The van der Waals surface area contributed by atoms with Crippen LogP contribution in [0.5, 0.6) is 0 Å². The minimum Gasteiger partial charge on any atom is -0.480 e. The molecular weight excluding hydrogens is 284 g/mol. The van der Waals surface area contributed by atoms with E-state index in [9.17, 15) is 4.79 Å². The molecule has 4 nitrogen and oxygen atoms in total. The molecule has 3 rings (SSSR count). The summed E-state index contributed by atoms with van der Waals surface area (Å²) in [5.74, 6) is -0.757. The quantitative estimate of drug-likeness (QED) is 0.943. The zero-order valence-corrected chi connectivity index (χ0v) is 12.8. The molecule has 0 saturated heterocycles. The van der Waals surface area contributed by atoms with Crippen LogP contribution in [0, 0.1) is 0 Å². The Kier molecular flexibility index (Phi) is 4.03. The smallest absolute Gasteiger partial charge is 0.320 e. The van der Waals surface area contributed by atoms with Crippen molar-refractivity contribution in [3.63, 3.8) is 0 Å². The first-order valence-electron chi connectivity index (χ1n) is 7.11. The lowest BCUT2D eigenvalue weighted by atomic mass is 10.1. The van der Waals surface area contributed by atoms with E-state index in [-0.39, 0.29) is 0 Å². The van der Waals surface area contributed by atoms with E-state index in [1.807, 2.05) is 23.1 Å². The van der Waals surface area contributed by atoms with Gasteiger partial charge in [-0.1, -0.05) is 30.3 Å². The van der Waals surface area contributed by atoms with Gasteiger partial charge in [0.2, 0.25) is 0 Å². The summed E-state index contributed by atoms with van der Waals surface area (Å²) in [5, 5.41) is 10.2. The lowest BCUT2D eigenvalue weighted by molar-refractivity contribution is -0.142. The van der Waals surface area contributed by atoms with Gasteiger partial charge in [0.25, 0.3) is 0 Å². The van der Waals surface area contributed by atoms with Gasteiger partial charge in [0.1, 0.15) is 6.04 Å². The van der Waals surface area contributed by atoms with Crippen LogP contribution in [-0.2, 0) is 24.2 Å². The van der Waals surface area contributed by atoms with Crippen molar-refractivity contribution in [2.75, 3.05) is 6.54 Å². The van der Waals surface area contributed by atoms with Gasteiger partial charge < -0.3 is 5.11 Å². The number of aromatic nitrogens is 1. The third-order valence-corrected chi connectivity index (χ3v) is 4.99. The second-order valence-corrected chi connectivity index (χ2v) is 6.54. The fourth-order valence-electron chi connectivity index (χ4n) is 2.60. The Morgan fingerprint density at radius 1 is 1.43 bits per heavy atom. The van der Waals surface area contributed by atoms with Gasteiger partial charge in [-0.25, -0.2) is 4.98 Å². The fourth-order valence-corrected chi connectivity index (χ4v) is 3.78. The van der Waals surface area contributed by atoms with Gasteiger partial charge in [-0.2, -0.15) is 0 Å². The van der Waals surface area contributed by atoms with Crippen molar-refractivity contribution in [3.05, 3.63) is 51.5 Å². The molecule has 1 aliphatic heterocycles. The first-order chi connectivity index (χ1) is 10.1. The molecule has 1 N–H and O–H groups in total. The third kappa shape index (κ3) is 3.14. The fraction of sp³-hybridized carbons (Fsp3) is 0.375. The molecule has 1 aliphatic rings. The van der Waals surface area contributed by atoms with Crippen LogP contribution in [0.25, 0.3) is 0 Å². The highest BCUT2D eigenvalue weighted by Crippen LogP contribution is 2.27. The van der Waals surface area contributed by atoms with Crippen LogP contribution >= 0.6 is 11.3 Å². The zero-order chi connectivity index (χ0) is 14.8. The summed E-state index contributed by atoms with van der Waals surface area (Å²) in [7, 11) is 0. The Balaban J connectivity index is 1.74. The Morgan fingerprint density at radius 3 is 2.90 bits per heavy atom. The molecule has 0 aliphatic carbocycles. The summed E-state index contributed by atoms with van der Waals surface area (Å²) in [6.07, 6.45) is 1.70. The van der Waals surface area contributed by atoms with Crippen LogP contribution < -0.4 is 0 Å². The predicted molar refractivity (Wildman–Crippen MR) is 82.6 cm³/mol. The Hall–Kier alpha value is -1.72. The van der Waals surface area contributed by atoms with Crippen molar-refractivity contribution in [3.8, 4) is 0 Å². The van der Waals surface area contributed by atoms with Crippen LogP contribution in [0.2, 0.25) is 0 Å². The van der Waals surface area contributed by atoms with E-state index in [4.69, 9.17) is 10.1 Å². The van der Waals surface area contributed by atoms with Crippen molar-refractivity contribution in [2.24, 2.45) is 0 Å². The van der Waals surface area contributed by atoms with E-state index in [2.05, 4.69) is 12.1 Å². The van der Waals surface area contributed by atoms with Gasteiger partial charge in [-0.3, -0.25) is 9.69 Å². The lowest BCUT2D eigenvalue weighted by Crippen LogP contribution is -2.41. The summed E-state index contributed by atoms with van der Waals surface area (Å²) in [5.41, 5.74) is 2.42. The Labute approximate surface area is 128 Å². The molecule has 5 heteroatoms. The number of hydrogen-bond acceptors (Lipinski definition) is 4. The van der Waals surface area contributed by atoms with Crippen LogP contribution in [0.1, 0.15) is 28.1 Å². The molecule has 0 spiro atoms. The molecule has 0 radical (unpaired) electrons. The SMILES string of the molecule is CC(C(=O)O)N1CCc2nc(Cc3ccccc3)sc2C1. The van der Waals surface area contributed by atoms with Gasteiger partial charge in [-0.15, -0.1) is 11.3 Å². The van der Waals surface area contributed by atoms with E-state index in [1.54, 1.807) is 18.3 Å². The van der Waals surface area contributed by atoms with Crippen molar-refractivity contribution in [1.82, 2.24) is 9.88 Å². The maximum Gasteiger partial charge on any atom is 0.320 e. The number of thiazole rings is 1. The number of carboxylic acids is 1. The van der Waals surface area contributed by atoms with Crippen molar-refractivity contribution >= 4 is 17.3 Å². The van der Waals surface area contributed by atoms with E-state index in [0.717, 1.165) is 30.1 Å². The number of rotatable bonds is 4. The standard InChI is InChI=1S/C16H18N2O2S/c1-11(16(19)20)18-8-7-13-14(10-18)21-15(17-13)9-12-5-3-2-4-6-12/h2-6,11H,7-10H2,1H3,(H,19,20). The predicted octanol–water partition coefficient (Wildman–Crippen LogP) is 2.57. The molecule has 2 aromatic rings. The number of fused-ring (bicyclic) bond motifs is 1. The normalized spacial score (nSPS) is 16.4. The van der Waals surface area contributed by atoms with Gasteiger partial charge in [-0.05, 0) is 12.5 Å². The van der Waals surface area contributed by atoms with Crippen molar-refractivity contribution in [2.45, 2.75) is 32.4 Å². The lowest BCUT2D eigenvalue weighted by Gasteiger charge is -2.29. The highest BCUT2D eigenvalue weighted by Gasteiger charge is 2.27. The number of benzene rings is 1. The number of aliphatic carboxylic acids is 1. The number of nitrogens with zero attached hydrogens (tertiary/aromatic N) is 2. The first kappa shape index (κ1) is 14.2. The summed E-state index contributed by atoms with van der Waals surface area (Å²) in [6.45, 7) is 3.23. The van der Waals surface area contributed by atoms with Crippen LogP contribution in [0.15, 0.2) is 30.3 Å². The minimum absolute atomic E-state index is 0.433. The molecule has 0 saturated carbocycles. The molecule has 0 bridgehead atoms. The van der Waals surface area contributed by atoms with Gasteiger partial charge >= 0.3 is 5.97 Å². The second kappa shape index (κ2) is 5.95. The molecule has 21 heavy (non-hydrogen) atoms. The number of carbonyl (C=O) groups is 1. The Bertz CT molecular complexity index is 639. The van der Waals surface area contributed by atoms with Crippen LogP contribution in [-0.4, -0.2) is 33.5 Å². The summed E-state index contributed by atoms with van der Waals surface area (Å²) in [6, 6.07) is 9.89. The first-order valence-corrected chi connectivity index (χ1v) is 7.93.